The molecule has 0 bridgehead atoms. The molecule has 1 aromatic carbocycles. The normalized spacial score (nSPS) is 12.0. The van der Waals surface area contributed by atoms with Crippen LogP contribution in [0.25, 0.3) is 0 Å². The van der Waals surface area contributed by atoms with Gasteiger partial charge in [0.25, 0.3) is 0 Å². The van der Waals surface area contributed by atoms with Gasteiger partial charge in [0, 0.05) is 12.1 Å². The predicted molar refractivity (Wildman–Crippen MR) is 60.4 cm³/mol. The molecule has 0 aliphatic carbocycles. The van der Waals surface area contributed by atoms with E-state index in [1.165, 1.54) is 14.2 Å². The molecule has 1 rings (SSSR count). The highest BCUT2D eigenvalue weighted by molar-refractivity contribution is 5.69. The van der Waals surface area contributed by atoms with Crippen LogP contribution in [0.4, 0.5) is 4.39 Å². The zero-order chi connectivity index (χ0) is 13.9. The molecule has 1 aromatic rings. The zero-order valence-corrected chi connectivity index (χ0v) is 9.94. The maximum absolute atomic E-state index is 13.5. The van der Waals surface area contributed by atoms with Gasteiger partial charge in [0.05, 0.1) is 26.2 Å². The summed E-state index contributed by atoms with van der Waals surface area (Å²) >= 11 is 0. The number of methoxy groups -OCH3 is 2. The summed E-state index contributed by atoms with van der Waals surface area (Å²) in [4.78, 5) is 10.6. The van der Waals surface area contributed by atoms with Gasteiger partial charge in [-0.25, -0.2) is 4.39 Å². The lowest BCUT2D eigenvalue weighted by molar-refractivity contribution is -0.137. The molecule has 0 aliphatic rings. The number of hydrogen-bond acceptors (Lipinski definition) is 5. The number of phenolic OH excluding ortho intramolecular Hbond substituents is 1. The molecule has 0 radical (unpaired) electrons. The number of carbonyl (C=O) groups is 1. The highest BCUT2D eigenvalue weighted by atomic mass is 19.1. The minimum absolute atomic E-state index is 0.0187. The van der Waals surface area contributed by atoms with Crippen LogP contribution in [0.1, 0.15) is 18.0 Å². The van der Waals surface area contributed by atoms with E-state index in [-0.39, 0.29) is 17.1 Å². The quantitative estimate of drug-likeness (QED) is 0.729. The van der Waals surface area contributed by atoms with E-state index in [9.17, 15) is 14.3 Å². The monoisotopic (exact) mass is 259 g/mol. The van der Waals surface area contributed by atoms with Gasteiger partial charge in [-0.3, -0.25) is 4.79 Å². The fourth-order valence-electron chi connectivity index (χ4n) is 1.61. The van der Waals surface area contributed by atoms with Crippen LogP contribution >= 0.6 is 0 Å². The standard InChI is InChI=1S/C11H14FNO5/c1-17-7-3-5(12)10(16)9(11(7)18-2)6(13)4-8(14)15/h3,6,16H,4,13H2,1-2H3,(H,14,15). The van der Waals surface area contributed by atoms with Crippen molar-refractivity contribution in [2.24, 2.45) is 5.73 Å². The molecule has 4 N–H and O–H groups in total. The molecular weight excluding hydrogens is 245 g/mol. The molecule has 0 spiro atoms. The lowest BCUT2D eigenvalue weighted by Crippen LogP contribution is -2.17. The van der Waals surface area contributed by atoms with E-state index >= 15 is 0 Å². The number of carboxylic acid groups (broad SMARTS) is 1. The molecule has 18 heavy (non-hydrogen) atoms. The van der Waals surface area contributed by atoms with Gasteiger partial charge in [-0.2, -0.15) is 0 Å². The second kappa shape index (κ2) is 5.54. The summed E-state index contributed by atoms with van der Waals surface area (Å²) in [6.07, 6.45) is -0.476. The first-order valence-corrected chi connectivity index (χ1v) is 5.03. The summed E-state index contributed by atoms with van der Waals surface area (Å²) in [6, 6.07) is -0.174. The average molecular weight is 259 g/mol. The maximum atomic E-state index is 13.5. The van der Waals surface area contributed by atoms with Crippen molar-refractivity contribution in [1.82, 2.24) is 0 Å². The molecule has 1 atom stereocenters. The summed E-state index contributed by atoms with van der Waals surface area (Å²) < 4.78 is 23.3. The molecular formula is C11H14FNO5. The van der Waals surface area contributed by atoms with Gasteiger partial charge >= 0.3 is 5.97 Å². The lowest BCUT2D eigenvalue weighted by atomic mass is 10.0. The molecule has 0 saturated heterocycles. The molecule has 0 aliphatic heterocycles. The van der Waals surface area contributed by atoms with Crippen molar-refractivity contribution in [3.05, 3.63) is 17.4 Å². The van der Waals surface area contributed by atoms with Gasteiger partial charge in [-0.15, -0.1) is 0 Å². The van der Waals surface area contributed by atoms with Gasteiger partial charge in [-0.05, 0) is 0 Å². The third-order valence-corrected chi connectivity index (χ3v) is 2.40. The van der Waals surface area contributed by atoms with E-state index in [4.69, 9.17) is 20.3 Å². The van der Waals surface area contributed by atoms with Crippen LogP contribution in [0, 0.1) is 5.82 Å². The van der Waals surface area contributed by atoms with Gasteiger partial charge < -0.3 is 25.4 Å². The van der Waals surface area contributed by atoms with Crippen LogP contribution in [0.3, 0.4) is 0 Å². The Kier molecular flexibility index (Phi) is 4.33. The van der Waals surface area contributed by atoms with Crippen LogP contribution in [-0.2, 0) is 4.79 Å². The summed E-state index contributed by atoms with van der Waals surface area (Å²) in [5.74, 6) is -2.81. The van der Waals surface area contributed by atoms with E-state index in [0.717, 1.165) is 6.07 Å². The molecule has 0 heterocycles. The minimum atomic E-state index is -1.17. The SMILES string of the molecule is COc1cc(F)c(O)c(C(N)CC(=O)O)c1OC. The summed E-state index contributed by atoms with van der Waals surface area (Å²) in [5, 5.41) is 18.3. The van der Waals surface area contributed by atoms with Gasteiger partial charge in [0.15, 0.2) is 23.1 Å². The number of halogens is 1. The molecule has 6 nitrogen and oxygen atoms in total. The molecule has 7 heteroatoms. The highest BCUT2D eigenvalue weighted by Crippen LogP contribution is 2.42. The Labute approximate surface area is 103 Å². The third kappa shape index (κ3) is 2.62. The largest absolute Gasteiger partial charge is 0.504 e. The number of nitrogens with two attached hydrogens (primary N) is 1. The second-order valence-electron chi connectivity index (χ2n) is 3.56. The van der Waals surface area contributed by atoms with E-state index in [1.54, 1.807) is 0 Å². The molecule has 100 valence electrons. The van der Waals surface area contributed by atoms with Crippen molar-refractivity contribution in [2.75, 3.05) is 14.2 Å². The van der Waals surface area contributed by atoms with Crippen LogP contribution in [0.2, 0.25) is 0 Å². The molecule has 1 unspecified atom stereocenters. The predicted octanol–water partition coefficient (Wildman–Crippen LogP) is 1.02. The Bertz CT molecular complexity index is 463. The Morgan fingerprint density at radius 1 is 1.50 bits per heavy atom. The van der Waals surface area contributed by atoms with E-state index in [0.29, 0.717) is 0 Å². The molecule has 0 aromatic heterocycles. The van der Waals surface area contributed by atoms with E-state index < -0.39 is 30.0 Å². The minimum Gasteiger partial charge on any atom is -0.504 e. The first-order valence-electron chi connectivity index (χ1n) is 5.03. The Morgan fingerprint density at radius 3 is 2.56 bits per heavy atom. The van der Waals surface area contributed by atoms with Gasteiger partial charge in [0.2, 0.25) is 0 Å². The van der Waals surface area contributed by atoms with Gasteiger partial charge in [0.1, 0.15) is 0 Å². The smallest absolute Gasteiger partial charge is 0.305 e. The summed E-state index contributed by atoms with van der Waals surface area (Å²) in [6.45, 7) is 0. The zero-order valence-electron chi connectivity index (χ0n) is 9.94. The topological polar surface area (TPSA) is 102 Å². The van der Waals surface area contributed by atoms with Gasteiger partial charge in [-0.1, -0.05) is 0 Å². The average Bonchev–Trinajstić information content (AvgIpc) is 2.30. The van der Waals surface area contributed by atoms with E-state index in [1.807, 2.05) is 0 Å². The van der Waals surface area contributed by atoms with Crippen molar-refractivity contribution in [2.45, 2.75) is 12.5 Å². The summed E-state index contributed by atoms with van der Waals surface area (Å²) in [5.41, 5.74) is 5.49. The third-order valence-electron chi connectivity index (χ3n) is 2.40. The number of phenols is 1. The second-order valence-corrected chi connectivity index (χ2v) is 3.56. The number of hydrogen-bond donors (Lipinski definition) is 3. The fourth-order valence-corrected chi connectivity index (χ4v) is 1.61. The van der Waals surface area contributed by atoms with Crippen molar-refractivity contribution in [3.8, 4) is 17.2 Å². The summed E-state index contributed by atoms with van der Waals surface area (Å²) in [7, 11) is 2.58. The molecule has 0 fully saturated rings. The Hall–Kier alpha value is -2.02. The van der Waals surface area contributed by atoms with Crippen LogP contribution in [0.5, 0.6) is 17.2 Å². The van der Waals surface area contributed by atoms with Crippen LogP contribution in [-0.4, -0.2) is 30.4 Å². The van der Waals surface area contributed by atoms with Crippen molar-refractivity contribution < 1.29 is 28.9 Å². The number of benzene rings is 1. The van der Waals surface area contributed by atoms with Crippen LogP contribution in [0.15, 0.2) is 6.07 Å². The number of aromatic hydroxyl groups is 1. The lowest BCUT2D eigenvalue weighted by Gasteiger charge is -2.18. The van der Waals surface area contributed by atoms with Crippen molar-refractivity contribution >= 4 is 5.97 Å². The van der Waals surface area contributed by atoms with Crippen molar-refractivity contribution in [1.29, 1.82) is 0 Å². The van der Waals surface area contributed by atoms with Crippen molar-refractivity contribution in [3.63, 3.8) is 0 Å². The maximum Gasteiger partial charge on any atom is 0.305 e. The molecule has 0 amide bonds. The Morgan fingerprint density at radius 2 is 2.11 bits per heavy atom. The fraction of sp³-hybridized carbons (Fsp3) is 0.364. The van der Waals surface area contributed by atoms with Crippen LogP contribution < -0.4 is 15.2 Å². The highest BCUT2D eigenvalue weighted by Gasteiger charge is 2.25. The molecule has 0 saturated carbocycles. The Balaban J connectivity index is 3.38. The first-order chi connectivity index (χ1) is 8.42. The number of rotatable bonds is 5. The van der Waals surface area contributed by atoms with E-state index in [2.05, 4.69) is 0 Å². The number of aliphatic carboxylic acids is 1. The first kappa shape index (κ1) is 14.0. The number of carboxylic acids is 1. The number of ether oxygens (including phenoxy) is 2.